The van der Waals surface area contributed by atoms with Gasteiger partial charge in [0.05, 0.1) is 20.8 Å². The molecule has 2 aromatic carbocycles. The third-order valence-corrected chi connectivity index (χ3v) is 6.10. The van der Waals surface area contributed by atoms with Crippen molar-refractivity contribution in [2.45, 2.75) is 20.8 Å². The van der Waals surface area contributed by atoms with E-state index in [-0.39, 0.29) is 5.91 Å². The van der Waals surface area contributed by atoms with E-state index in [9.17, 15) is 4.79 Å². The van der Waals surface area contributed by atoms with Crippen LogP contribution in [0.3, 0.4) is 0 Å². The highest BCUT2D eigenvalue weighted by Gasteiger charge is 2.23. The summed E-state index contributed by atoms with van der Waals surface area (Å²) in [5.74, 6) is -0.107. The zero-order valence-corrected chi connectivity index (χ0v) is 17.5. The van der Waals surface area contributed by atoms with Crippen LogP contribution < -0.4 is 4.90 Å². The van der Waals surface area contributed by atoms with E-state index in [1.165, 1.54) is 0 Å². The first kappa shape index (κ1) is 19.8. The Balaban J connectivity index is 1.99. The number of nitrogens with zero attached hydrogens (tertiary/aromatic N) is 3. The minimum absolute atomic E-state index is 0.107. The maximum atomic E-state index is 13.3. The number of rotatable bonds is 7. The summed E-state index contributed by atoms with van der Waals surface area (Å²) in [6.45, 7) is 9.56. The van der Waals surface area contributed by atoms with Gasteiger partial charge in [-0.15, -0.1) is 0 Å². The Bertz CT molecular complexity index is 936. The molecule has 0 saturated heterocycles. The monoisotopic (exact) mass is 401 g/mol. The molecule has 1 heterocycles. The molecule has 0 aliphatic rings. The highest BCUT2D eigenvalue weighted by atomic mass is 35.5. The first-order valence-electron chi connectivity index (χ1n) is 9.20. The predicted octanol–water partition coefficient (Wildman–Crippen LogP) is 5.25. The fraction of sp³-hybridized carbons (Fsp3) is 0.333. The lowest BCUT2D eigenvalue weighted by molar-refractivity contribution is 0.0984. The summed E-state index contributed by atoms with van der Waals surface area (Å²) in [7, 11) is 0. The lowest BCUT2D eigenvalue weighted by Gasteiger charge is -2.25. The van der Waals surface area contributed by atoms with Crippen molar-refractivity contribution in [2.24, 2.45) is 0 Å². The molecule has 0 bridgehead atoms. The number of likely N-dealkylation sites (N-methyl/N-ethyl adjacent to an activating group) is 1. The number of benzene rings is 2. The van der Waals surface area contributed by atoms with Crippen LogP contribution in [-0.4, -0.2) is 42.0 Å². The van der Waals surface area contributed by atoms with E-state index in [2.05, 4.69) is 18.7 Å². The van der Waals surface area contributed by atoms with E-state index in [1.54, 1.807) is 28.4 Å². The number of hydrogen-bond donors (Lipinski definition) is 0. The summed E-state index contributed by atoms with van der Waals surface area (Å²) in [4.78, 5) is 22.2. The number of para-hydroxylation sites is 1. The van der Waals surface area contributed by atoms with Gasteiger partial charge < -0.3 is 4.90 Å². The molecule has 6 heteroatoms. The van der Waals surface area contributed by atoms with Crippen molar-refractivity contribution >= 4 is 44.2 Å². The molecular formula is C21H24ClN3OS. The predicted molar refractivity (Wildman–Crippen MR) is 115 cm³/mol. The summed E-state index contributed by atoms with van der Waals surface area (Å²) < 4.78 is 1.09. The molecule has 0 spiro atoms. The van der Waals surface area contributed by atoms with Gasteiger partial charge in [0.2, 0.25) is 0 Å². The van der Waals surface area contributed by atoms with Crippen LogP contribution in [0.25, 0.3) is 10.2 Å². The van der Waals surface area contributed by atoms with Gasteiger partial charge in [-0.2, -0.15) is 0 Å². The van der Waals surface area contributed by atoms with Crippen LogP contribution in [-0.2, 0) is 0 Å². The number of amides is 1. The third kappa shape index (κ3) is 4.32. The van der Waals surface area contributed by atoms with E-state index in [0.717, 1.165) is 40.5 Å². The van der Waals surface area contributed by atoms with E-state index >= 15 is 0 Å². The van der Waals surface area contributed by atoms with Crippen molar-refractivity contribution in [3.05, 3.63) is 58.6 Å². The number of aromatic nitrogens is 1. The molecule has 0 fully saturated rings. The molecular weight excluding hydrogens is 378 g/mol. The minimum Gasteiger partial charge on any atom is -0.302 e. The van der Waals surface area contributed by atoms with Gasteiger partial charge in [-0.25, -0.2) is 4.98 Å². The second-order valence-corrected chi connectivity index (χ2v) is 7.80. The van der Waals surface area contributed by atoms with Gasteiger partial charge in [0.25, 0.3) is 5.91 Å². The minimum atomic E-state index is -0.107. The number of aryl methyl sites for hydroxylation is 1. The summed E-state index contributed by atoms with van der Waals surface area (Å²) in [6, 6.07) is 13.3. The number of halogens is 1. The molecule has 3 aromatic rings. The van der Waals surface area contributed by atoms with Crippen molar-refractivity contribution in [2.75, 3.05) is 31.1 Å². The van der Waals surface area contributed by atoms with Gasteiger partial charge >= 0.3 is 0 Å². The van der Waals surface area contributed by atoms with Gasteiger partial charge in [-0.05, 0) is 43.8 Å². The Morgan fingerprint density at radius 2 is 1.81 bits per heavy atom. The third-order valence-electron chi connectivity index (χ3n) is 4.72. The Morgan fingerprint density at radius 1 is 1.07 bits per heavy atom. The van der Waals surface area contributed by atoms with Crippen LogP contribution in [0.4, 0.5) is 5.13 Å². The zero-order chi connectivity index (χ0) is 19.4. The maximum absolute atomic E-state index is 13.3. The van der Waals surface area contributed by atoms with Gasteiger partial charge in [0.15, 0.2) is 5.13 Å². The molecule has 142 valence electrons. The van der Waals surface area contributed by atoms with Crippen molar-refractivity contribution < 1.29 is 4.79 Å². The summed E-state index contributed by atoms with van der Waals surface area (Å²) in [5, 5.41) is 1.18. The number of hydrogen-bond acceptors (Lipinski definition) is 4. The van der Waals surface area contributed by atoms with Crippen molar-refractivity contribution in [1.29, 1.82) is 0 Å². The molecule has 0 unspecified atom stereocenters. The Kier molecular flexibility index (Phi) is 6.47. The van der Waals surface area contributed by atoms with E-state index in [4.69, 9.17) is 16.6 Å². The Morgan fingerprint density at radius 3 is 2.48 bits per heavy atom. The van der Waals surface area contributed by atoms with Crippen LogP contribution in [0.15, 0.2) is 42.5 Å². The van der Waals surface area contributed by atoms with Gasteiger partial charge in [0, 0.05) is 13.1 Å². The zero-order valence-electron chi connectivity index (χ0n) is 15.9. The molecule has 1 aromatic heterocycles. The molecule has 0 aliphatic heterocycles. The van der Waals surface area contributed by atoms with Crippen LogP contribution in [0.2, 0.25) is 5.02 Å². The molecule has 0 atom stereocenters. The average molecular weight is 402 g/mol. The van der Waals surface area contributed by atoms with Gasteiger partial charge in [-0.1, -0.05) is 61.1 Å². The average Bonchev–Trinajstić information content (AvgIpc) is 3.10. The topological polar surface area (TPSA) is 36.4 Å². The van der Waals surface area contributed by atoms with Crippen LogP contribution >= 0.6 is 22.9 Å². The van der Waals surface area contributed by atoms with E-state index in [0.29, 0.717) is 17.1 Å². The van der Waals surface area contributed by atoms with Crippen LogP contribution in [0.1, 0.15) is 29.8 Å². The van der Waals surface area contributed by atoms with Gasteiger partial charge in [-0.3, -0.25) is 9.69 Å². The molecule has 1 amide bonds. The Hall–Kier alpha value is -1.95. The van der Waals surface area contributed by atoms with Crippen molar-refractivity contribution in [1.82, 2.24) is 9.88 Å². The second kappa shape index (κ2) is 8.83. The number of carbonyl (C=O) groups excluding carboxylic acids is 1. The Labute approximate surface area is 169 Å². The standard InChI is InChI=1S/C21H24ClN3OS/c1-4-24(5-2)13-14-25(20(26)16-10-6-7-11-17(16)22)21-23-19-15(3)9-8-12-18(19)27-21/h6-12H,4-5,13-14H2,1-3H3. The highest BCUT2D eigenvalue weighted by Crippen LogP contribution is 2.32. The number of thiazole rings is 1. The lowest BCUT2D eigenvalue weighted by Crippen LogP contribution is -2.39. The van der Waals surface area contributed by atoms with Crippen LogP contribution in [0.5, 0.6) is 0 Å². The molecule has 3 rings (SSSR count). The van der Waals surface area contributed by atoms with Gasteiger partial charge in [0.1, 0.15) is 0 Å². The number of carbonyl (C=O) groups is 1. The van der Waals surface area contributed by atoms with Crippen molar-refractivity contribution in [3.63, 3.8) is 0 Å². The number of anilines is 1. The quantitative estimate of drug-likeness (QED) is 0.542. The fourth-order valence-corrected chi connectivity index (χ4v) is 4.32. The summed E-state index contributed by atoms with van der Waals surface area (Å²) >= 11 is 7.84. The summed E-state index contributed by atoms with van der Waals surface area (Å²) in [6.07, 6.45) is 0. The second-order valence-electron chi connectivity index (χ2n) is 6.38. The molecule has 4 nitrogen and oxygen atoms in total. The van der Waals surface area contributed by atoms with E-state index in [1.807, 2.05) is 37.3 Å². The number of fused-ring (bicyclic) bond motifs is 1. The fourth-order valence-electron chi connectivity index (χ4n) is 3.04. The largest absolute Gasteiger partial charge is 0.302 e. The molecule has 27 heavy (non-hydrogen) atoms. The SMILES string of the molecule is CCN(CC)CCN(C(=O)c1ccccc1Cl)c1nc2c(C)cccc2s1. The lowest BCUT2D eigenvalue weighted by atomic mass is 10.2. The van der Waals surface area contributed by atoms with Crippen LogP contribution in [0, 0.1) is 6.92 Å². The smallest absolute Gasteiger partial charge is 0.261 e. The summed E-state index contributed by atoms with van der Waals surface area (Å²) in [5.41, 5.74) is 2.58. The molecule has 0 radical (unpaired) electrons. The van der Waals surface area contributed by atoms with E-state index < -0.39 is 0 Å². The first-order valence-corrected chi connectivity index (χ1v) is 10.4. The molecule has 0 saturated carbocycles. The maximum Gasteiger partial charge on any atom is 0.261 e. The molecule has 0 N–H and O–H groups in total. The highest BCUT2D eigenvalue weighted by molar-refractivity contribution is 7.22. The normalized spacial score (nSPS) is 11.3. The first-order chi connectivity index (χ1) is 13.0. The molecule has 0 aliphatic carbocycles. The van der Waals surface area contributed by atoms with Crippen molar-refractivity contribution in [3.8, 4) is 0 Å².